The van der Waals surface area contributed by atoms with E-state index in [1.54, 1.807) is 24.3 Å². The first-order valence-corrected chi connectivity index (χ1v) is 4.96. The predicted molar refractivity (Wildman–Crippen MR) is 46.9 cm³/mol. The van der Waals surface area contributed by atoms with Crippen molar-refractivity contribution in [2.75, 3.05) is 0 Å². The van der Waals surface area contributed by atoms with Crippen molar-refractivity contribution in [1.29, 1.82) is 0 Å². The van der Waals surface area contributed by atoms with Gasteiger partial charge in [0.05, 0.1) is 0 Å². The summed E-state index contributed by atoms with van der Waals surface area (Å²) in [4.78, 5) is 0. The zero-order valence-electron chi connectivity index (χ0n) is 8.11. The predicted octanol–water partition coefficient (Wildman–Crippen LogP) is -4.34. The van der Waals surface area contributed by atoms with Crippen LogP contribution in [0.25, 0.3) is 0 Å². The van der Waals surface area contributed by atoms with E-state index in [0.717, 1.165) is 10.0 Å². The molecule has 0 aromatic heterocycles. The molecule has 4 nitrogen and oxygen atoms in total. The zero-order chi connectivity index (χ0) is 10.5. The average Bonchev–Trinajstić information content (AvgIpc) is 1.92. The Kier molecular flexibility index (Phi) is 15.8. The zero-order valence-corrected chi connectivity index (χ0v) is 14.4. The maximum absolute atomic E-state index is 8.52. The third kappa shape index (κ3) is 21.5. The summed E-state index contributed by atoms with van der Waals surface area (Å²) < 4.78 is 34.1. The standard InChI is InChI=1S/C6H4Cl2.2Na.H2O4S/c7-5-1-2-6(8)4-3-5;;;1-5(2,3)4/h1-4H;;;(H2,1,2,3,4)/q;2*+1;/p-2. The Morgan fingerprint density at radius 3 is 1.13 bits per heavy atom. The molecule has 0 aliphatic heterocycles. The quantitative estimate of drug-likeness (QED) is 0.275. The molecule has 0 aliphatic rings. The van der Waals surface area contributed by atoms with Crippen LogP contribution < -0.4 is 59.1 Å². The molecule has 0 amide bonds. The van der Waals surface area contributed by atoms with Crippen molar-refractivity contribution in [3.05, 3.63) is 34.3 Å². The normalized spacial score (nSPS) is 8.80. The molecule has 9 heteroatoms. The Morgan fingerprint density at radius 1 is 0.867 bits per heavy atom. The fraction of sp³-hybridized carbons (Fsp3) is 0. The van der Waals surface area contributed by atoms with Crippen molar-refractivity contribution in [3.8, 4) is 0 Å². The third-order valence-corrected chi connectivity index (χ3v) is 1.31. The van der Waals surface area contributed by atoms with E-state index in [1.165, 1.54) is 0 Å². The Hall–Kier alpha value is 1.67. The van der Waals surface area contributed by atoms with Crippen molar-refractivity contribution in [2.45, 2.75) is 0 Å². The number of benzene rings is 1. The summed E-state index contributed by atoms with van der Waals surface area (Å²) in [5, 5.41) is 1.43. The van der Waals surface area contributed by atoms with E-state index >= 15 is 0 Å². The van der Waals surface area contributed by atoms with Crippen LogP contribution in [-0.2, 0) is 10.4 Å². The van der Waals surface area contributed by atoms with Crippen LogP contribution in [0.4, 0.5) is 0 Å². The summed E-state index contributed by atoms with van der Waals surface area (Å²) in [5.74, 6) is 0. The van der Waals surface area contributed by atoms with Crippen LogP contribution in [0.1, 0.15) is 0 Å². The molecule has 0 saturated carbocycles. The molecular formula is C6H4Cl2Na2O4S. The van der Waals surface area contributed by atoms with Gasteiger partial charge in [0.25, 0.3) is 0 Å². The van der Waals surface area contributed by atoms with E-state index in [2.05, 4.69) is 0 Å². The molecular weight excluding hydrogens is 285 g/mol. The second-order valence-electron chi connectivity index (χ2n) is 1.84. The summed E-state index contributed by atoms with van der Waals surface area (Å²) >= 11 is 11.1. The molecule has 74 valence electrons. The Bertz CT molecular complexity index is 325. The molecule has 0 fully saturated rings. The van der Waals surface area contributed by atoms with Crippen LogP contribution in [-0.4, -0.2) is 17.5 Å². The Morgan fingerprint density at radius 2 is 1.00 bits per heavy atom. The summed E-state index contributed by atoms with van der Waals surface area (Å²) in [7, 11) is -5.17. The Balaban J connectivity index is -0.000000185. The second kappa shape index (κ2) is 10.8. The first kappa shape index (κ1) is 21.9. The SMILES string of the molecule is Clc1ccc(Cl)cc1.O=S(=O)([O-])[O-].[Na+].[Na+]. The fourth-order valence-electron chi connectivity index (χ4n) is 0.430. The maximum atomic E-state index is 8.52. The number of hydrogen-bond donors (Lipinski definition) is 0. The minimum absolute atomic E-state index is 0. The van der Waals surface area contributed by atoms with Gasteiger partial charge in [-0.3, -0.25) is 8.42 Å². The van der Waals surface area contributed by atoms with Crippen molar-refractivity contribution in [3.63, 3.8) is 0 Å². The van der Waals surface area contributed by atoms with Gasteiger partial charge in [-0.15, -0.1) is 0 Å². The molecule has 0 aliphatic carbocycles. The van der Waals surface area contributed by atoms with E-state index in [1.807, 2.05) is 0 Å². The van der Waals surface area contributed by atoms with Gasteiger partial charge in [-0.25, -0.2) is 0 Å². The van der Waals surface area contributed by atoms with Gasteiger partial charge < -0.3 is 9.11 Å². The molecule has 15 heavy (non-hydrogen) atoms. The van der Waals surface area contributed by atoms with Crippen LogP contribution in [0, 0.1) is 0 Å². The van der Waals surface area contributed by atoms with E-state index in [4.69, 9.17) is 40.7 Å². The molecule has 0 atom stereocenters. The van der Waals surface area contributed by atoms with Crippen molar-refractivity contribution in [2.24, 2.45) is 0 Å². The van der Waals surface area contributed by atoms with Gasteiger partial charge >= 0.3 is 59.1 Å². The van der Waals surface area contributed by atoms with Gasteiger partial charge in [-0.05, 0) is 24.3 Å². The maximum Gasteiger partial charge on any atom is 1.00 e. The molecule has 0 spiro atoms. The molecule has 0 unspecified atom stereocenters. The van der Waals surface area contributed by atoms with E-state index in [9.17, 15) is 0 Å². The monoisotopic (exact) mass is 288 g/mol. The van der Waals surface area contributed by atoms with Crippen LogP contribution in [0.15, 0.2) is 24.3 Å². The van der Waals surface area contributed by atoms with E-state index in [0.29, 0.717) is 0 Å². The summed E-state index contributed by atoms with van der Waals surface area (Å²) in [6.07, 6.45) is 0. The largest absolute Gasteiger partial charge is 1.00 e. The smallest absolute Gasteiger partial charge is 0.759 e. The van der Waals surface area contributed by atoms with E-state index < -0.39 is 10.4 Å². The second-order valence-corrected chi connectivity index (χ2v) is 3.53. The molecule has 0 saturated heterocycles. The van der Waals surface area contributed by atoms with Crippen LogP contribution >= 0.6 is 23.2 Å². The third-order valence-electron chi connectivity index (χ3n) is 0.804. The van der Waals surface area contributed by atoms with Crippen molar-refractivity contribution in [1.82, 2.24) is 0 Å². The first-order chi connectivity index (χ1) is 5.79. The van der Waals surface area contributed by atoms with Gasteiger partial charge in [-0.1, -0.05) is 23.2 Å². The minimum Gasteiger partial charge on any atom is -0.759 e. The number of rotatable bonds is 0. The van der Waals surface area contributed by atoms with Crippen LogP contribution in [0.3, 0.4) is 0 Å². The van der Waals surface area contributed by atoms with Crippen LogP contribution in [0.2, 0.25) is 10.0 Å². The molecule has 0 radical (unpaired) electrons. The molecule has 1 aromatic rings. The molecule has 1 rings (SSSR count). The molecule has 0 bridgehead atoms. The van der Waals surface area contributed by atoms with Crippen molar-refractivity contribution < 1.29 is 76.6 Å². The fourth-order valence-corrected chi connectivity index (χ4v) is 0.682. The number of halogens is 2. The molecule has 0 N–H and O–H groups in total. The Labute approximate surface area is 143 Å². The number of hydrogen-bond acceptors (Lipinski definition) is 4. The first-order valence-electron chi connectivity index (χ1n) is 2.87. The van der Waals surface area contributed by atoms with E-state index in [-0.39, 0.29) is 59.1 Å². The molecule has 0 heterocycles. The summed E-state index contributed by atoms with van der Waals surface area (Å²) in [5.41, 5.74) is 0. The van der Waals surface area contributed by atoms with Gasteiger partial charge in [-0.2, -0.15) is 0 Å². The summed E-state index contributed by atoms with van der Waals surface area (Å²) in [6, 6.07) is 7.02. The van der Waals surface area contributed by atoms with Gasteiger partial charge in [0.1, 0.15) is 0 Å². The molecule has 1 aromatic carbocycles. The van der Waals surface area contributed by atoms with Crippen molar-refractivity contribution >= 4 is 33.6 Å². The van der Waals surface area contributed by atoms with Gasteiger partial charge in [0.2, 0.25) is 0 Å². The van der Waals surface area contributed by atoms with Crippen LogP contribution in [0.5, 0.6) is 0 Å². The van der Waals surface area contributed by atoms with Gasteiger partial charge in [0.15, 0.2) is 0 Å². The topological polar surface area (TPSA) is 80.3 Å². The minimum atomic E-state index is -5.17. The average molecular weight is 289 g/mol. The summed E-state index contributed by atoms with van der Waals surface area (Å²) in [6.45, 7) is 0. The van der Waals surface area contributed by atoms with Gasteiger partial charge in [0, 0.05) is 20.4 Å².